The van der Waals surface area contributed by atoms with Gasteiger partial charge in [-0.3, -0.25) is 4.90 Å². The minimum Gasteiger partial charge on any atom is -0.444 e. The second-order valence-corrected chi connectivity index (χ2v) is 6.33. The highest BCUT2D eigenvalue weighted by atomic mass is 19.1. The molecule has 2 atom stereocenters. The maximum atomic E-state index is 13.9. The van der Waals surface area contributed by atoms with Crippen LogP contribution in [0.3, 0.4) is 0 Å². The summed E-state index contributed by atoms with van der Waals surface area (Å²) >= 11 is 0. The molecule has 6 heteroatoms. The number of likely N-dealkylation sites (tertiary alicyclic amines) is 1. The molecule has 0 bridgehead atoms. The lowest BCUT2D eigenvalue weighted by Crippen LogP contribution is -2.42. The second kappa shape index (κ2) is 6.02. The number of aldehydes is 1. The Balaban J connectivity index is 2.27. The van der Waals surface area contributed by atoms with Crippen LogP contribution in [-0.2, 0) is 9.53 Å². The largest absolute Gasteiger partial charge is 0.444 e. The van der Waals surface area contributed by atoms with E-state index in [1.807, 2.05) is 0 Å². The van der Waals surface area contributed by atoms with E-state index in [4.69, 9.17) is 4.74 Å². The fourth-order valence-electron chi connectivity index (χ4n) is 2.70. The Hall–Kier alpha value is -1.98. The fraction of sp³-hybridized carbons (Fsp3) is 0.500. The smallest absolute Gasteiger partial charge is 0.410 e. The minimum absolute atomic E-state index is 0.148. The van der Waals surface area contributed by atoms with Crippen LogP contribution in [0.25, 0.3) is 0 Å². The average molecular weight is 311 g/mol. The van der Waals surface area contributed by atoms with Crippen molar-refractivity contribution in [1.29, 1.82) is 0 Å². The van der Waals surface area contributed by atoms with Crippen LogP contribution in [0.2, 0.25) is 0 Å². The molecule has 1 saturated heterocycles. The third kappa shape index (κ3) is 3.26. The zero-order valence-electron chi connectivity index (χ0n) is 12.8. The number of carbonyl (C=O) groups is 2. The third-order valence-corrected chi connectivity index (χ3v) is 3.59. The van der Waals surface area contributed by atoms with E-state index >= 15 is 0 Å². The van der Waals surface area contributed by atoms with Gasteiger partial charge in [-0.15, -0.1) is 0 Å². The van der Waals surface area contributed by atoms with Gasteiger partial charge in [0.25, 0.3) is 0 Å². The van der Waals surface area contributed by atoms with E-state index < -0.39 is 35.3 Å². The lowest BCUT2D eigenvalue weighted by Gasteiger charge is -2.28. The van der Waals surface area contributed by atoms with Gasteiger partial charge in [-0.25, -0.2) is 13.6 Å². The van der Waals surface area contributed by atoms with E-state index in [-0.39, 0.29) is 12.1 Å². The minimum atomic E-state index is -0.929. The topological polar surface area (TPSA) is 46.6 Å². The first-order valence-electron chi connectivity index (χ1n) is 7.13. The highest BCUT2D eigenvalue weighted by Crippen LogP contribution is 2.36. The van der Waals surface area contributed by atoms with Crippen LogP contribution in [0, 0.1) is 11.6 Å². The zero-order valence-corrected chi connectivity index (χ0v) is 12.8. The van der Waals surface area contributed by atoms with Gasteiger partial charge in [-0.05, 0) is 39.3 Å². The number of hydrogen-bond donors (Lipinski definition) is 0. The van der Waals surface area contributed by atoms with E-state index in [9.17, 15) is 18.4 Å². The van der Waals surface area contributed by atoms with E-state index in [1.165, 1.54) is 11.0 Å². The maximum Gasteiger partial charge on any atom is 0.410 e. The van der Waals surface area contributed by atoms with Crippen LogP contribution in [0.4, 0.5) is 13.6 Å². The van der Waals surface area contributed by atoms with Gasteiger partial charge in [0.15, 0.2) is 0 Å². The summed E-state index contributed by atoms with van der Waals surface area (Å²) in [5, 5.41) is 0. The Morgan fingerprint density at radius 3 is 2.41 bits per heavy atom. The predicted molar refractivity (Wildman–Crippen MR) is 76.5 cm³/mol. The number of amides is 1. The van der Waals surface area contributed by atoms with Crippen LogP contribution in [0.5, 0.6) is 0 Å². The molecule has 22 heavy (non-hydrogen) atoms. The lowest BCUT2D eigenvalue weighted by molar-refractivity contribution is -0.112. The van der Waals surface area contributed by atoms with E-state index in [0.717, 1.165) is 12.1 Å². The fourth-order valence-corrected chi connectivity index (χ4v) is 2.70. The zero-order chi connectivity index (χ0) is 16.5. The molecule has 4 nitrogen and oxygen atoms in total. The molecule has 1 fully saturated rings. The van der Waals surface area contributed by atoms with E-state index in [2.05, 4.69) is 0 Å². The van der Waals surface area contributed by atoms with Crippen LogP contribution >= 0.6 is 0 Å². The number of hydrogen-bond acceptors (Lipinski definition) is 3. The van der Waals surface area contributed by atoms with Crippen molar-refractivity contribution in [3.63, 3.8) is 0 Å². The van der Waals surface area contributed by atoms with Gasteiger partial charge in [0, 0.05) is 18.0 Å². The van der Waals surface area contributed by atoms with Gasteiger partial charge in [-0.2, -0.15) is 0 Å². The molecule has 0 aromatic heterocycles. The second-order valence-electron chi connectivity index (χ2n) is 6.33. The third-order valence-electron chi connectivity index (χ3n) is 3.59. The summed E-state index contributed by atoms with van der Waals surface area (Å²) in [5.74, 6) is -2.11. The first kappa shape index (κ1) is 16.4. The molecule has 1 aromatic carbocycles. The summed E-state index contributed by atoms with van der Waals surface area (Å²) in [5.41, 5.74) is -0.850. The SMILES string of the molecule is CC(C)(C)OC(=O)N1CC[C@@H](c2c(F)cccc2F)[C@H]1C=O. The van der Waals surface area contributed by atoms with Crippen molar-refractivity contribution in [2.45, 2.75) is 44.8 Å². The molecule has 1 aliphatic heterocycles. The van der Waals surface area contributed by atoms with Crippen LogP contribution in [0.15, 0.2) is 18.2 Å². The Morgan fingerprint density at radius 2 is 1.91 bits per heavy atom. The van der Waals surface area contributed by atoms with Crippen molar-refractivity contribution in [2.24, 2.45) is 0 Å². The molecule has 1 aliphatic rings. The molecule has 1 amide bonds. The number of nitrogens with zero attached hydrogens (tertiary/aromatic N) is 1. The van der Waals surface area contributed by atoms with Gasteiger partial charge in [0.05, 0.1) is 6.04 Å². The number of rotatable bonds is 2. The van der Waals surface area contributed by atoms with Crippen molar-refractivity contribution in [3.8, 4) is 0 Å². The highest BCUT2D eigenvalue weighted by molar-refractivity contribution is 5.75. The Bertz CT molecular complexity index is 563. The molecule has 0 aliphatic carbocycles. The molecule has 120 valence electrons. The van der Waals surface area contributed by atoms with Gasteiger partial charge in [0.2, 0.25) is 0 Å². The lowest BCUT2D eigenvalue weighted by atomic mass is 9.91. The molecule has 0 N–H and O–H groups in total. The summed E-state index contributed by atoms with van der Waals surface area (Å²) < 4.78 is 33.1. The van der Waals surface area contributed by atoms with Crippen molar-refractivity contribution in [1.82, 2.24) is 4.90 Å². The molecule has 0 radical (unpaired) electrons. The Labute approximate surface area is 128 Å². The van der Waals surface area contributed by atoms with E-state index in [0.29, 0.717) is 12.7 Å². The summed E-state index contributed by atoms with van der Waals surface area (Å²) in [6.45, 7) is 5.36. The molecule has 2 rings (SSSR count). The van der Waals surface area contributed by atoms with Gasteiger partial charge < -0.3 is 9.53 Å². The number of ether oxygens (including phenoxy) is 1. The van der Waals surface area contributed by atoms with Gasteiger partial charge in [-0.1, -0.05) is 6.07 Å². The number of carbonyl (C=O) groups excluding carboxylic acids is 2. The monoisotopic (exact) mass is 311 g/mol. The molecular formula is C16H19F2NO3. The van der Waals surface area contributed by atoms with Crippen molar-refractivity contribution in [3.05, 3.63) is 35.4 Å². The maximum absolute atomic E-state index is 13.9. The molecule has 1 heterocycles. The molecule has 1 aromatic rings. The standard InChI is InChI=1S/C16H19F2NO3/c1-16(2,3)22-15(21)19-8-7-10(13(19)9-20)14-11(17)5-4-6-12(14)18/h4-6,9-10,13H,7-8H2,1-3H3/t10-,13-/m1/s1. The van der Waals surface area contributed by atoms with Crippen molar-refractivity contribution < 1.29 is 23.1 Å². The normalized spacial score (nSPS) is 21.8. The van der Waals surface area contributed by atoms with Gasteiger partial charge >= 0.3 is 6.09 Å². The Morgan fingerprint density at radius 1 is 1.32 bits per heavy atom. The predicted octanol–water partition coefficient (Wildman–Crippen LogP) is 3.26. The van der Waals surface area contributed by atoms with Crippen molar-refractivity contribution in [2.75, 3.05) is 6.54 Å². The summed E-state index contributed by atoms with van der Waals surface area (Å²) in [7, 11) is 0. The molecule has 0 unspecified atom stereocenters. The van der Waals surface area contributed by atoms with E-state index in [1.54, 1.807) is 20.8 Å². The quantitative estimate of drug-likeness (QED) is 0.788. The number of halogens is 2. The van der Waals surface area contributed by atoms with Crippen molar-refractivity contribution >= 4 is 12.4 Å². The molecular weight excluding hydrogens is 292 g/mol. The molecule has 0 saturated carbocycles. The summed E-state index contributed by atoms with van der Waals surface area (Å²) in [6.07, 6.45) is 0.206. The summed E-state index contributed by atoms with van der Waals surface area (Å²) in [4.78, 5) is 24.8. The van der Waals surface area contributed by atoms with Crippen LogP contribution in [-0.4, -0.2) is 35.5 Å². The summed E-state index contributed by atoms with van der Waals surface area (Å²) in [6, 6.07) is 2.64. The first-order chi connectivity index (χ1) is 10.2. The molecule has 0 spiro atoms. The first-order valence-corrected chi connectivity index (χ1v) is 7.13. The Kier molecular flexibility index (Phi) is 4.49. The number of benzene rings is 1. The van der Waals surface area contributed by atoms with Crippen LogP contribution < -0.4 is 0 Å². The van der Waals surface area contributed by atoms with Crippen LogP contribution in [0.1, 0.15) is 38.7 Å². The highest BCUT2D eigenvalue weighted by Gasteiger charge is 2.41. The van der Waals surface area contributed by atoms with Gasteiger partial charge in [0.1, 0.15) is 23.5 Å². The average Bonchev–Trinajstić information content (AvgIpc) is 2.80.